The normalized spacial score (nSPS) is 42.0. The molecule has 0 radical (unpaired) electrons. The van der Waals surface area contributed by atoms with Gasteiger partial charge in [-0.2, -0.15) is 0 Å². The van der Waals surface area contributed by atoms with Gasteiger partial charge >= 0.3 is 0 Å². The molecule has 0 aromatic rings. The van der Waals surface area contributed by atoms with E-state index in [-0.39, 0.29) is 24.4 Å². The second kappa shape index (κ2) is 6.45. The first-order valence-electron chi connectivity index (χ1n) is 8.58. The van der Waals surface area contributed by atoms with Crippen LogP contribution in [0, 0.1) is 23.2 Å². The maximum Gasteiger partial charge on any atom is 0.227 e. The molecule has 2 aliphatic carbocycles. The van der Waals surface area contributed by atoms with Gasteiger partial charge < -0.3 is 10.6 Å². The van der Waals surface area contributed by atoms with Crippen LogP contribution in [0.2, 0.25) is 0 Å². The van der Waals surface area contributed by atoms with E-state index < -0.39 is 0 Å². The lowest BCUT2D eigenvalue weighted by atomic mass is 9.77. The van der Waals surface area contributed by atoms with Gasteiger partial charge in [0.05, 0.1) is 5.92 Å². The lowest BCUT2D eigenvalue weighted by Gasteiger charge is -2.43. The molecule has 3 nitrogen and oxygen atoms in total. The molecule has 0 aromatic heterocycles. The van der Waals surface area contributed by atoms with E-state index in [1.807, 2.05) is 0 Å². The Hall–Kier alpha value is -0.280. The molecule has 3 rings (SSSR count). The topological polar surface area (TPSA) is 46.3 Å². The summed E-state index contributed by atoms with van der Waals surface area (Å²) < 4.78 is 0. The first-order chi connectivity index (χ1) is 9.54. The van der Waals surface area contributed by atoms with Crippen molar-refractivity contribution >= 4 is 18.3 Å². The van der Waals surface area contributed by atoms with E-state index in [2.05, 4.69) is 18.7 Å². The minimum atomic E-state index is 0. The number of nitrogens with zero attached hydrogens (tertiary/aromatic N) is 1. The zero-order valence-corrected chi connectivity index (χ0v) is 14.3. The maximum atomic E-state index is 12.9. The summed E-state index contributed by atoms with van der Waals surface area (Å²) in [4.78, 5) is 15.1. The number of amides is 1. The summed E-state index contributed by atoms with van der Waals surface area (Å²) >= 11 is 0. The molecule has 4 heteroatoms. The SMILES string of the molecule is CCCC1(C)CCCN(C(=O)C2C3CCC(C3)C2N)C1.Cl. The van der Waals surface area contributed by atoms with Gasteiger partial charge in [0, 0.05) is 19.1 Å². The smallest absolute Gasteiger partial charge is 0.227 e. The van der Waals surface area contributed by atoms with Crippen molar-refractivity contribution < 1.29 is 4.79 Å². The summed E-state index contributed by atoms with van der Waals surface area (Å²) in [6.45, 7) is 6.52. The van der Waals surface area contributed by atoms with Crippen LogP contribution in [0.1, 0.15) is 58.8 Å². The first-order valence-corrected chi connectivity index (χ1v) is 8.58. The average molecular weight is 315 g/mol. The summed E-state index contributed by atoms with van der Waals surface area (Å²) in [5, 5.41) is 0. The van der Waals surface area contributed by atoms with Crippen LogP contribution in [0.4, 0.5) is 0 Å². The zero-order valence-electron chi connectivity index (χ0n) is 13.5. The van der Waals surface area contributed by atoms with E-state index >= 15 is 0 Å². The van der Waals surface area contributed by atoms with Gasteiger partial charge in [-0.3, -0.25) is 4.79 Å². The molecule has 3 fully saturated rings. The van der Waals surface area contributed by atoms with Gasteiger partial charge in [-0.1, -0.05) is 20.3 Å². The summed E-state index contributed by atoms with van der Waals surface area (Å²) in [5.74, 6) is 1.73. The van der Waals surface area contributed by atoms with Crippen molar-refractivity contribution in [2.45, 2.75) is 64.8 Å². The highest BCUT2D eigenvalue weighted by molar-refractivity contribution is 5.85. The van der Waals surface area contributed by atoms with Crippen molar-refractivity contribution in [2.75, 3.05) is 13.1 Å². The van der Waals surface area contributed by atoms with Crippen LogP contribution >= 0.6 is 12.4 Å². The number of carbonyl (C=O) groups is 1. The number of likely N-dealkylation sites (tertiary alicyclic amines) is 1. The minimum Gasteiger partial charge on any atom is -0.342 e. The van der Waals surface area contributed by atoms with Gasteiger partial charge in [-0.15, -0.1) is 12.4 Å². The van der Waals surface area contributed by atoms with Crippen LogP contribution < -0.4 is 5.73 Å². The number of nitrogens with two attached hydrogens (primary N) is 1. The largest absolute Gasteiger partial charge is 0.342 e. The molecule has 1 saturated heterocycles. The summed E-state index contributed by atoms with van der Waals surface area (Å²) in [6.07, 6.45) is 8.58. The number of carbonyl (C=O) groups excluding carboxylic acids is 1. The Bertz CT molecular complexity index is 383. The highest BCUT2D eigenvalue weighted by atomic mass is 35.5. The van der Waals surface area contributed by atoms with Crippen molar-refractivity contribution in [1.29, 1.82) is 0 Å². The number of fused-ring (bicyclic) bond motifs is 2. The maximum absolute atomic E-state index is 12.9. The van der Waals surface area contributed by atoms with Gasteiger partial charge in [0.2, 0.25) is 5.91 Å². The highest BCUT2D eigenvalue weighted by Crippen LogP contribution is 2.48. The molecule has 2 saturated carbocycles. The number of halogens is 1. The zero-order chi connectivity index (χ0) is 14.3. The Morgan fingerprint density at radius 1 is 1.33 bits per heavy atom. The molecule has 21 heavy (non-hydrogen) atoms. The van der Waals surface area contributed by atoms with Gasteiger partial charge in [0.15, 0.2) is 0 Å². The predicted molar refractivity (Wildman–Crippen MR) is 88.4 cm³/mol. The van der Waals surface area contributed by atoms with Crippen LogP contribution in [0.3, 0.4) is 0 Å². The van der Waals surface area contributed by atoms with E-state index in [1.54, 1.807) is 0 Å². The van der Waals surface area contributed by atoms with Gasteiger partial charge in [0.1, 0.15) is 0 Å². The molecule has 0 spiro atoms. The second-order valence-corrected chi connectivity index (χ2v) is 7.86. The van der Waals surface area contributed by atoms with Crippen molar-refractivity contribution in [1.82, 2.24) is 4.90 Å². The predicted octanol–water partition coefficient (Wildman–Crippen LogP) is 3.21. The third-order valence-corrected chi connectivity index (χ3v) is 6.21. The fourth-order valence-electron chi connectivity index (χ4n) is 5.22. The number of piperidine rings is 1. The molecule has 5 unspecified atom stereocenters. The standard InChI is InChI=1S/C17H30N2O.ClH/c1-3-7-17(2)8-4-9-19(11-17)16(20)14-12-5-6-13(10-12)15(14)18;/h12-15H,3-11,18H2,1-2H3;1H. The quantitative estimate of drug-likeness (QED) is 0.869. The third-order valence-electron chi connectivity index (χ3n) is 6.21. The lowest BCUT2D eigenvalue weighted by Crippen LogP contribution is -2.51. The van der Waals surface area contributed by atoms with Crippen LogP contribution in [0.15, 0.2) is 0 Å². The molecule has 5 atom stereocenters. The van der Waals surface area contributed by atoms with E-state index in [1.165, 1.54) is 38.5 Å². The van der Waals surface area contributed by atoms with Crippen molar-refractivity contribution in [3.8, 4) is 0 Å². The summed E-state index contributed by atoms with van der Waals surface area (Å²) in [7, 11) is 0. The molecule has 122 valence electrons. The van der Waals surface area contributed by atoms with E-state index in [0.717, 1.165) is 19.5 Å². The minimum absolute atomic E-state index is 0. The Morgan fingerprint density at radius 2 is 2.05 bits per heavy atom. The van der Waals surface area contributed by atoms with Crippen LogP contribution in [0.25, 0.3) is 0 Å². The molecule has 3 aliphatic rings. The van der Waals surface area contributed by atoms with Crippen LogP contribution in [0.5, 0.6) is 0 Å². The Kier molecular flexibility index (Phi) is 5.25. The first kappa shape index (κ1) is 17.1. The van der Waals surface area contributed by atoms with Gasteiger partial charge in [0.25, 0.3) is 0 Å². The fraction of sp³-hybridized carbons (Fsp3) is 0.941. The van der Waals surface area contributed by atoms with Crippen molar-refractivity contribution in [2.24, 2.45) is 28.9 Å². The van der Waals surface area contributed by atoms with Crippen LogP contribution in [-0.2, 0) is 4.79 Å². The molecular weight excluding hydrogens is 284 g/mol. The van der Waals surface area contributed by atoms with Crippen LogP contribution in [-0.4, -0.2) is 29.9 Å². The fourth-order valence-corrected chi connectivity index (χ4v) is 5.22. The molecule has 0 aromatic carbocycles. The average Bonchev–Trinajstić information content (AvgIpc) is 2.98. The Balaban J connectivity index is 0.00000161. The lowest BCUT2D eigenvalue weighted by molar-refractivity contribution is -0.141. The Labute approximate surface area is 135 Å². The van der Waals surface area contributed by atoms with Crippen molar-refractivity contribution in [3.63, 3.8) is 0 Å². The summed E-state index contributed by atoms with van der Waals surface area (Å²) in [5.41, 5.74) is 6.69. The molecular formula is C17H31ClN2O. The monoisotopic (exact) mass is 314 g/mol. The summed E-state index contributed by atoms with van der Waals surface area (Å²) in [6, 6.07) is 0.139. The molecule has 2 N–H and O–H groups in total. The van der Waals surface area contributed by atoms with Gasteiger partial charge in [-0.25, -0.2) is 0 Å². The number of hydrogen-bond acceptors (Lipinski definition) is 2. The van der Waals surface area contributed by atoms with Gasteiger partial charge in [-0.05, 0) is 55.8 Å². The van der Waals surface area contributed by atoms with Crippen molar-refractivity contribution in [3.05, 3.63) is 0 Å². The number of hydrogen-bond donors (Lipinski definition) is 1. The highest BCUT2D eigenvalue weighted by Gasteiger charge is 2.50. The molecule has 1 amide bonds. The molecule has 1 aliphatic heterocycles. The third kappa shape index (κ3) is 3.10. The molecule has 1 heterocycles. The second-order valence-electron chi connectivity index (χ2n) is 7.86. The van der Waals surface area contributed by atoms with E-state index in [9.17, 15) is 4.79 Å². The Morgan fingerprint density at radius 3 is 2.67 bits per heavy atom. The van der Waals surface area contributed by atoms with E-state index in [0.29, 0.717) is 23.2 Å². The number of rotatable bonds is 3. The molecule has 2 bridgehead atoms. The van der Waals surface area contributed by atoms with E-state index in [4.69, 9.17) is 5.73 Å².